The van der Waals surface area contributed by atoms with E-state index in [1.54, 1.807) is 0 Å². The number of para-hydroxylation sites is 1. The summed E-state index contributed by atoms with van der Waals surface area (Å²) < 4.78 is 0. The molecule has 2 nitrogen and oxygen atoms in total. The van der Waals surface area contributed by atoms with E-state index in [2.05, 4.69) is 69.9 Å². The maximum Gasteiger partial charge on any atom is 0.0675 e. The number of hydrogen-bond acceptors (Lipinski definition) is 2. The summed E-state index contributed by atoms with van der Waals surface area (Å²) in [6.45, 7) is 12.1. The summed E-state index contributed by atoms with van der Waals surface area (Å²) in [7, 11) is 0. The highest BCUT2D eigenvalue weighted by Crippen LogP contribution is 2.41. The van der Waals surface area contributed by atoms with Crippen LogP contribution in [0.3, 0.4) is 0 Å². The molecular formula is C17H24N2. The Bertz CT molecular complexity index is 503. The number of nitrogens with zero attached hydrogens (tertiary/aromatic N) is 2. The zero-order chi connectivity index (χ0) is 14.3. The molecular weight excluding hydrogens is 232 g/mol. The molecule has 0 amide bonds. The van der Waals surface area contributed by atoms with Gasteiger partial charge in [0.25, 0.3) is 0 Å². The highest BCUT2D eigenvalue weighted by atomic mass is 15.2. The average Bonchev–Trinajstić information content (AvgIpc) is 2.63. The van der Waals surface area contributed by atoms with Gasteiger partial charge in [0, 0.05) is 17.8 Å². The van der Waals surface area contributed by atoms with Crippen molar-refractivity contribution < 1.29 is 0 Å². The molecule has 0 radical (unpaired) electrons. The third kappa shape index (κ3) is 2.61. The minimum Gasteiger partial charge on any atom is -0.365 e. The minimum atomic E-state index is 0.0573. The van der Waals surface area contributed by atoms with Crippen LogP contribution in [0.5, 0.6) is 0 Å². The lowest BCUT2D eigenvalue weighted by Crippen LogP contribution is -2.39. The van der Waals surface area contributed by atoms with E-state index in [1.807, 2.05) is 0 Å². The van der Waals surface area contributed by atoms with E-state index < -0.39 is 0 Å². The standard InChI is InChI=1S/C17H24N2/c1-16(2,3)14-8-6-7-9-15(14)19-12-13(11-18)10-17(19,4)5/h6-9,13H,10,12H2,1-5H3. The fourth-order valence-electron chi connectivity index (χ4n) is 3.10. The quantitative estimate of drug-likeness (QED) is 0.756. The Morgan fingerprint density at radius 1 is 1.26 bits per heavy atom. The van der Waals surface area contributed by atoms with Crippen LogP contribution in [0.1, 0.15) is 46.6 Å². The van der Waals surface area contributed by atoms with Crippen LogP contribution >= 0.6 is 0 Å². The van der Waals surface area contributed by atoms with Gasteiger partial charge in [0.2, 0.25) is 0 Å². The second kappa shape index (κ2) is 4.56. The van der Waals surface area contributed by atoms with Gasteiger partial charge in [-0.2, -0.15) is 5.26 Å². The molecule has 1 fully saturated rings. The van der Waals surface area contributed by atoms with Crippen molar-refractivity contribution in [1.82, 2.24) is 0 Å². The molecule has 1 heterocycles. The van der Waals surface area contributed by atoms with Crippen LogP contribution in [0.15, 0.2) is 24.3 Å². The smallest absolute Gasteiger partial charge is 0.0675 e. The summed E-state index contributed by atoms with van der Waals surface area (Å²) in [5.74, 6) is 0.142. The lowest BCUT2D eigenvalue weighted by Gasteiger charge is -2.37. The SMILES string of the molecule is CC(C)(C)c1ccccc1N1CC(C#N)CC1(C)C. The third-order valence-electron chi connectivity index (χ3n) is 4.07. The van der Waals surface area contributed by atoms with Crippen LogP contribution in [0.4, 0.5) is 5.69 Å². The maximum absolute atomic E-state index is 9.22. The molecule has 1 aliphatic rings. The predicted molar refractivity (Wildman–Crippen MR) is 80.3 cm³/mol. The van der Waals surface area contributed by atoms with Crippen molar-refractivity contribution in [2.24, 2.45) is 5.92 Å². The predicted octanol–water partition coefficient (Wildman–Crippen LogP) is 4.11. The second-order valence-electron chi connectivity index (χ2n) is 7.22. The number of hydrogen-bond donors (Lipinski definition) is 0. The third-order valence-corrected chi connectivity index (χ3v) is 4.07. The molecule has 0 aliphatic carbocycles. The first-order chi connectivity index (χ1) is 8.75. The Morgan fingerprint density at radius 3 is 2.42 bits per heavy atom. The Balaban J connectivity index is 2.46. The van der Waals surface area contributed by atoms with Gasteiger partial charge in [-0.25, -0.2) is 0 Å². The Hall–Kier alpha value is -1.49. The maximum atomic E-state index is 9.22. The van der Waals surface area contributed by atoms with E-state index in [0.717, 1.165) is 13.0 Å². The van der Waals surface area contributed by atoms with Gasteiger partial charge in [-0.3, -0.25) is 0 Å². The fourth-order valence-corrected chi connectivity index (χ4v) is 3.10. The molecule has 2 heteroatoms. The van der Waals surface area contributed by atoms with Crippen molar-refractivity contribution in [2.45, 2.75) is 52.0 Å². The summed E-state index contributed by atoms with van der Waals surface area (Å²) in [6.07, 6.45) is 0.946. The molecule has 1 unspecified atom stereocenters. The molecule has 1 aliphatic heterocycles. The summed E-state index contributed by atoms with van der Waals surface area (Å²) in [6, 6.07) is 11.0. The summed E-state index contributed by atoms with van der Waals surface area (Å²) in [5, 5.41) is 9.22. The van der Waals surface area contributed by atoms with Gasteiger partial charge < -0.3 is 4.90 Å². The van der Waals surface area contributed by atoms with Crippen LogP contribution in [-0.2, 0) is 5.41 Å². The molecule has 0 aromatic heterocycles. The zero-order valence-corrected chi connectivity index (χ0v) is 12.7. The molecule has 19 heavy (non-hydrogen) atoms. The number of benzene rings is 1. The molecule has 1 saturated heterocycles. The second-order valence-corrected chi connectivity index (χ2v) is 7.22. The lowest BCUT2D eigenvalue weighted by molar-refractivity contribution is 0.497. The molecule has 0 bridgehead atoms. The molecule has 1 aromatic rings. The monoisotopic (exact) mass is 256 g/mol. The van der Waals surface area contributed by atoms with E-state index in [1.165, 1.54) is 11.3 Å². The van der Waals surface area contributed by atoms with Gasteiger partial charge in [-0.15, -0.1) is 0 Å². The highest BCUT2D eigenvalue weighted by molar-refractivity contribution is 5.59. The van der Waals surface area contributed by atoms with Crippen LogP contribution in [0, 0.1) is 17.2 Å². The van der Waals surface area contributed by atoms with Crippen LogP contribution in [0.2, 0.25) is 0 Å². The van der Waals surface area contributed by atoms with Gasteiger partial charge in [0.15, 0.2) is 0 Å². The van der Waals surface area contributed by atoms with Crippen LogP contribution < -0.4 is 4.90 Å². The Labute approximate surface area is 117 Å². The fraction of sp³-hybridized carbons (Fsp3) is 0.588. The van der Waals surface area contributed by atoms with E-state index in [4.69, 9.17) is 0 Å². The van der Waals surface area contributed by atoms with Gasteiger partial charge in [-0.05, 0) is 37.3 Å². The van der Waals surface area contributed by atoms with Crippen LogP contribution in [0.25, 0.3) is 0 Å². The van der Waals surface area contributed by atoms with Gasteiger partial charge in [0.05, 0.1) is 12.0 Å². The normalized spacial score (nSPS) is 22.3. The van der Waals surface area contributed by atoms with E-state index in [-0.39, 0.29) is 16.9 Å². The summed E-state index contributed by atoms with van der Waals surface area (Å²) in [5.41, 5.74) is 2.83. The van der Waals surface area contributed by atoms with Gasteiger partial charge in [-0.1, -0.05) is 39.0 Å². The first-order valence-corrected chi connectivity index (χ1v) is 7.02. The van der Waals surface area contributed by atoms with Crippen molar-refractivity contribution in [3.05, 3.63) is 29.8 Å². The van der Waals surface area contributed by atoms with E-state index in [0.29, 0.717) is 0 Å². The molecule has 1 atom stereocenters. The van der Waals surface area contributed by atoms with E-state index in [9.17, 15) is 5.26 Å². The molecule has 0 spiro atoms. The van der Waals surface area contributed by atoms with Crippen molar-refractivity contribution in [1.29, 1.82) is 5.26 Å². The first-order valence-electron chi connectivity index (χ1n) is 7.02. The Kier molecular flexibility index (Phi) is 3.34. The zero-order valence-electron chi connectivity index (χ0n) is 12.7. The summed E-state index contributed by atoms with van der Waals surface area (Å²) in [4.78, 5) is 2.42. The van der Waals surface area contributed by atoms with Crippen molar-refractivity contribution >= 4 is 5.69 Å². The van der Waals surface area contributed by atoms with Gasteiger partial charge in [0.1, 0.15) is 0 Å². The van der Waals surface area contributed by atoms with Crippen molar-refractivity contribution in [3.63, 3.8) is 0 Å². The van der Waals surface area contributed by atoms with Crippen LogP contribution in [-0.4, -0.2) is 12.1 Å². The number of rotatable bonds is 1. The van der Waals surface area contributed by atoms with Gasteiger partial charge >= 0.3 is 0 Å². The molecule has 0 N–H and O–H groups in total. The number of anilines is 1. The average molecular weight is 256 g/mol. The van der Waals surface area contributed by atoms with E-state index >= 15 is 0 Å². The Morgan fingerprint density at radius 2 is 1.89 bits per heavy atom. The van der Waals surface area contributed by atoms with Crippen molar-refractivity contribution in [3.8, 4) is 6.07 Å². The molecule has 2 rings (SSSR count). The molecule has 0 saturated carbocycles. The van der Waals surface area contributed by atoms with Crippen molar-refractivity contribution in [2.75, 3.05) is 11.4 Å². The molecule has 1 aromatic carbocycles. The topological polar surface area (TPSA) is 27.0 Å². The first kappa shape index (κ1) is 13.9. The largest absolute Gasteiger partial charge is 0.365 e. The minimum absolute atomic E-state index is 0.0573. The molecule has 102 valence electrons. The number of nitriles is 1. The summed E-state index contributed by atoms with van der Waals surface area (Å²) >= 11 is 0. The highest BCUT2D eigenvalue weighted by Gasteiger charge is 2.39. The lowest BCUT2D eigenvalue weighted by atomic mass is 9.85.